The summed E-state index contributed by atoms with van der Waals surface area (Å²) in [6.07, 6.45) is 4.65. The molecule has 1 radical (unpaired) electrons. The van der Waals surface area contributed by atoms with Crippen LogP contribution in [0.1, 0.15) is 33.6 Å². The number of likely N-dealkylation sites (tertiary alicyclic amines) is 1. The fraction of sp³-hybridized carbons (Fsp3) is 0.524. The number of nitrogens with zero attached hydrogens (tertiary/aromatic N) is 2. The molecule has 4 heteroatoms. The molecule has 0 bridgehead atoms. The topological polar surface area (TPSA) is 34.5 Å². The molecule has 1 fully saturated rings. The second-order valence-corrected chi connectivity index (χ2v) is 7.95. The number of methoxy groups -OCH3 is 1. The van der Waals surface area contributed by atoms with Gasteiger partial charge in [-0.05, 0) is 43.4 Å². The predicted molar refractivity (Wildman–Crippen MR) is 103 cm³/mol. The maximum absolute atomic E-state index is 12.5. The fourth-order valence-corrected chi connectivity index (χ4v) is 3.95. The summed E-state index contributed by atoms with van der Waals surface area (Å²) in [4.78, 5) is 15.1. The van der Waals surface area contributed by atoms with Gasteiger partial charge in [-0.25, -0.2) is 0 Å². The van der Waals surface area contributed by atoms with Gasteiger partial charge in [-0.3, -0.25) is 9.69 Å². The van der Waals surface area contributed by atoms with E-state index in [1.54, 1.807) is 13.2 Å². The summed E-state index contributed by atoms with van der Waals surface area (Å²) < 4.78 is 7.38. The third-order valence-corrected chi connectivity index (χ3v) is 5.25. The van der Waals surface area contributed by atoms with Crippen LogP contribution in [0, 0.1) is 11.8 Å². The lowest BCUT2D eigenvalue weighted by Crippen LogP contribution is -2.48. The second kappa shape index (κ2) is 7.20. The lowest BCUT2D eigenvalue weighted by Gasteiger charge is -2.43. The van der Waals surface area contributed by atoms with E-state index in [-0.39, 0.29) is 11.0 Å². The minimum Gasteiger partial charge on any atom is -0.495 e. The van der Waals surface area contributed by atoms with Crippen LogP contribution in [0.3, 0.4) is 0 Å². The van der Waals surface area contributed by atoms with Crippen molar-refractivity contribution in [3.8, 4) is 5.75 Å². The zero-order valence-electron chi connectivity index (χ0n) is 15.8. The molecular weight excluding hydrogens is 312 g/mol. The van der Waals surface area contributed by atoms with E-state index >= 15 is 0 Å². The predicted octanol–water partition coefficient (Wildman–Crippen LogP) is 3.72. The summed E-state index contributed by atoms with van der Waals surface area (Å²) in [5, 5.41) is 1.04. The molecule has 0 aliphatic carbocycles. The smallest absolute Gasteiger partial charge is 0.251 e. The Kier molecular flexibility index (Phi) is 5.19. The fourth-order valence-electron chi connectivity index (χ4n) is 3.95. The Bertz CT molecular complexity index is 789. The summed E-state index contributed by atoms with van der Waals surface area (Å²) in [5.74, 6) is 0.759. The molecule has 1 aliphatic heterocycles. The first kappa shape index (κ1) is 18.0. The molecule has 0 N–H and O–H groups in total. The van der Waals surface area contributed by atoms with Crippen LogP contribution in [0.4, 0.5) is 0 Å². The second-order valence-electron chi connectivity index (χ2n) is 7.95. The van der Waals surface area contributed by atoms with E-state index in [9.17, 15) is 4.79 Å². The van der Waals surface area contributed by atoms with Gasteiger partial charge in [0, 0.05) is 30.6 Å². The van der Waals surface area contributed by atoms with Gasteiger partial charge in [0.05, 0.1) is 12.6 Å². The summed E-state index contributed by atoms with van der Waals surface area (Å²) in [7, 11) is 1.66. The van der Waals surface area contributed by atoms with Crippen molar-refractivity contribution in [1.29, 1.82) is 0 Å². The molecule has 0 spiro atoms. The Morgan fingerprint density at radius 2 is 1.96 bits per heavy atom. The number of hydrogen-bond acceptors (Lipinski definition) is 3. The summed E-state index contributed by atoms with van der Waals surface area (Å²) in [6, 6.07) is 9.98. The van der Waals surface area contributed by atoms with E-state index in [0.717, 1.165) is 42.6 Å². The van der Waals surface area contributed by atoms with Gasteiger partial charge in [0.15, 0.2) is 0 Å². The number of para-hydroxylation sites is 1. The van der Waals surface area contributed by atoms with Crippen molar-refractivity contribution >= 4 is 10.9 Å². The van der Waals surface area contributed by atoms with Crippen molar-refractivity contribution in [2.24, 2.45) is 5.41 Å². The van der Waals surface area contributed by atoms with Crippen molar-refractivity contribution in [2.75, 3.05) is 20.2 Å². The molecule has 135 valence electrons. The highest BCUT2D eigenvalue weighted by atomic mass is 16.5. The van der Waals surface area contributed by atoms with Crippen molar-refractivity contribution in [2.45, 2.75) is 46.2 Å². The van der Waals surface area contributed by atoms with Crippen LogP contribution in [-0.4, -0.2) is 35.7 Å². The molecule has 0 saturated carbocycles. The van der Waals surface area contributed by atoms with Gasteiger partial charge in [0.2, 0.25) is 0 Å². The van der Waals surface area contributed by atoms with Gasteiger partial charge in [-0.2, -0.15) is 0 Å². The third kappa shape index (κ3) is 3.74. The van der Waals surface area contributed by atoms with Crippen molar-refractivity contribution in [1.82, 2.24) is 9.47 Å². The first-order valence-electron chi connectivity index (χ1n) is 9.14. The van der Waals surface area contributed by atoms with Gasteiger partial charge in [0.1, 0.15) is 5.75 Å². The molecule has 2 aromatic rings. The molecule has 1 saturated heterocycles. The summed E-state index contributed by atoms with van der Waals surface area (Å²) in [6.45, 7) is 9.54. The SMILES string of the molecule is COc1cccc2ccc(=O)n(CCN3CC[CH]CC3C(C)(C)C)c12. The Balaban J connectivity index is 1.90. The first-order valence-corrected chi connectivity index (χ1v) is 9.14. The van der Waals surface area contributed by atoms with Gasteiger partial charge in [-0.15, -0.1) is 0 Å². The Hall–Kier alpha value is -1.81. The van der Waals surface area contributed by atoms with E-state index in [4.69, 9.17) is 4.74 Å². The maximum atomic E-state index is 12.5. The van der Waals surface area contributed by atoms with Gasteiger partial charge >= 0.3 is 0 Å². The molecule has 4 nitrogen and oxygen atoms in total. The zero-order valence-corrected chi connectivity index (χ0v) is 15.8. The molecular formula is C21H29N2O2. The number of rotatable bonds is 4. The molecule has 1 aromatic heterocycles. The molecule has 0 amide bonds. The largest absolute Gasteiger partial charge is 0.495 e. The van der Waals surface area contributed by atoms with Gasteiger partial charge in [0.25, 0.3) is 5.56 Å². The van der Waals surface area contributed by atoms with E-state index in [1.165, 1.54) is 0 Å². The molecule has 1 aliphatic rings. The van der Waals surface area contributed by atoms with E-state index in [0.29, 0.717) is 12.6 Å². The van der Waals surface area contributed by atoms with Crippen LogP contribution in [0.25, 0.3) is 10.9 Å². The number of piperidine rings is 1. The first-order chi connectivity index (χ1) is 11.9. The molecule has 1 atom stereocenters. The van der Waals surface area contributed by atoms with Crippen molar-refractivity contribution in [3.05, 3.63) is 47.1 Å². The summed E-state index contributed by atoms with van der Waals surface area (Å²) in [5.41, 5.74) is 1.17. The van der Waals surface area contributed by atoms with Crippen LogP contribution in [0.15, 0.2) is 35.1 Å². The number of ether oxygens (including phenoxy) is 1. The maximum Gasteiger partial charge on any atom is 0.251 e. The van der Waals surface area contributed by atoms with E-state index < -0.39 is 0 Å². The van der Waals surface area contributed by atoms with Crippen molar-refractivity contribution < 1.29 is 4.74 Å². The zero-order chi connectivity index (χ0) is 18.0. The molecule has 3 rings (SSSR count). The number of aromatic nitrogens is 1. The van der Waals surface area contributed by atoms with Gasteiger partial charge in [-0.1, -0.05) is 32.9 Å². The number of fused-ring (bicyclic) bond motifs is 1. The molecule has 25 heavy (non-hydrogen) atoms. The normalized spacial score (nSPS) is 19.3. The average molecular weight is 341 g/mol. The molecule has 1 unspecified atom stereocenters. The van der Waals surface area contributed by atoms with E-state index in [2.05, 4.69) is 32.1 Å². The highest BCUT2D eigenvalue weighted by molar-refractivity contribution is 5.84. The molecule has 2 heterocycles. The van der Waals surface area contributed by atoms with Crippen LogP contribution in [0.2, 0.25) is 0 Å². The molecule has 1 aromatic carbocycles. The number of hydrogen-bond donors (Lipinski definition) is 0. The summed E-state index contributed by atoms with van der Waals surface area (Å²) >= 11 is 0. The van der Waals surface area contributed by atoms with E-state index in [1.807, 2.05) is 28.8 Å². The minimum atomic E-state index is 0.0351. The van der Waals surface area contributed by atoms with Crippen molar-refractivity contribution in [3.63, 3.8) is 0 Å². The monoisotopic (exact) mass is 341 g/mol. The quantitative estimate of drug-likeness (QED) is 0.850. The Labute approximate surface area is 150 Å². The lowest BCUT2D eigenvalue weighted by molar-refractivity contribution is 0.0776. The third-order valence-electron chi connectivity index (χ3n) is 5.25. The highest BCUT2D eigenvalue weighted by Crippen LogP contribution is 2.31. The Morgan fingerprint density at radius 1 is 1.16 bits per heavy atom. The van der Waals surface area contributed by atoms with Crippen LogP contribution < -0.4 is 10.3 Å². The van der Waals surface area contributed by atoms with Crippen LogP contribution in [-0.2, 0) is 6.54 Å². The Morgan fingerprint density at radius 3 is 2.68 bits per heavy atom. The number of pyridine rings is 1. The van der Waals surface area contributed by atoms with Gasteiger partial charge < -0.3 is 9.30 Å². The van der Waals surface area contributed by atoms with Crippen LogP contribution >= 0.6 is 0 Å². The number of benzene rings is 1. The minimum absolute atomic E-state index is 0.0351. The average Bonchev–Trinajstić information content (AvgIpc) is 2.60. The lowest BCUT2D eigenvalue weighted by atomic mass is 9.80. The van der Waals surface area contributed by atoms with Crippen LogP contribution in [0.5, 0.6) is 5.75 Å². The highest BCUT2D eigenvalue weighted by Gasteiger charge is 2.32. The standard InChI is InChI=1S/C21H29N2O2/c1-21(2,3)18-10-5-6-13-22(18)14-15-23-19(24)12-11-16-8-7-9-17(25-4)20(16)23/h5,7-9,11-12,18H,6,10,13-15H2,1-4H3.